The van der Waals surface area contributed by atoms with Gasteiger partial charge in [0.25, 0.3) is 0 Å². The second kappa shape index (κ2) is 8.07. The fraction of sp³-hybridized carbons (Fsp3) is 0.588. The number of hydrogen-bond acceptors (Lipinski definition) is 1. The summed E-state index contributed by atoms with van der Waals surface area (Å²) in [5.41, 5.74) is 4.11. The summed E-state index contributed by atoms with van der Waals surface area (Å²) in [7, 11) is 0. The molecule has 0 aromatic rings. The molecule has 0 heterocycles. The summed E-state index contributed by atoms with van der Waals surface area (Å²) >= 11 is 0. The van der Waals surface area contributed by atoms with Gasteiger partial charge in [-0.05, 0) is 65.4 Å². The van der Waals surface area contributed by atoms with Crippen molar-refractivity contribution in [3.05, 3.63) is 34.9 Å². The van der Waals surface area contributed by atoms with Crippen LogP contribution in [0.4, 0.5) is 0 Å². The molecule has 0 amide bonds. The zero-order valence-electron chi connectivity index (χ0n) is 12.1. The van der Waals surface area contributed by atoms with Gasteiger partial charge in [-0.1, -0.05) is 28.9 Å². The van der Waals surface area contributed by atoms with E-state index in [-0.39, 0.29) is 5.78 Å². The van der Waals surface area contributed by atoms with Crippen LogP contribution in [0.25, 0.3) is 0 Å². The molecule has 0 spiro atoms. The van der Waals surface area contributed by atoms with Crippen molar-refractivity contribution in [3.8, 4) is 0 Å². The van der Waals surface area contributed by atoms with Crippen molar-refractivity contribution >= 4 is 5.78 Å². The molecule has 0 saturated heterocycles. The van der Waals surface area contributed by atoms with Crippen LogP contribution in [0.15, 0.2) is 34.9 Å². The zero-order chi connectivity index (χ0) is 13.4. The van der Waals surface area contributed by atoms with Gasteiger partial charge in [0.1, 0.15) is 0 Å². The highest BCUT2D eigenvalue weighted by Crippen LogP contribution is 2.15. The highest BCUT2D eigenvalue weighted by Gasteiger charge is 2.01. The summed E-state index contributed by atoms with van der Waals surface area (Å²) in [4.78, 5) is 11.7. The fourth-order valence-corrected chi connectivity index (χ4v) is 2.26. The summed E-state index contributed by atoms with van der Waals surface area (Å²) in [5, 5.41) is 0. The monoisotopic (exact) mass is 246 g/mol. The maximum atomic E-state index is 11.7. The Morgan fingerprint density at radius 2 is 1.33 bits per heavy atom. The number of hydrogen-bond donors (Lipinski definition) is 0. The van der Waals surface area contributed by atoms with E-state index >= 15 is 0 Å². The van der Waals surface area contributed by atoms with E-state index in [0.717, 1.165) is 32.1 Å². The minimum absolute atomic E-state index is 0.290. The molecule has 1 aliphatic rings. The lowest BCUT2D eigenvalue weighted by molar-refractivity contribution is -0.114. The van der Waals surface area contributed by atoms with E-state index in [2.05, 4.69) is 32.9 Å². The normalized spacial score (nSPS) is 29.3. The number of carbonyl (C=O) groups is 1. The minimum atomic E-state index is 0.290. The van der Waals surface area contributed by atoms with Gasteiger partial charge in [-0.15, -0.1) is 0 Å². The second-order valence-electron chi connectivity index (χ2n) is 5.49. The molecule has 100 valence electrons. The lowest BCUT2D eigenvalue weighted by atomic mass is 10.0. The van der Waals surface area contributed by atoms with Crippen molar-refractivity contribution in [1.82, 2.24) is 0 Å². The van der Waals surface area contributed by atoms with Gasteiger partial charge in [0.05, 0.1) is 0 Å². The molecule has 1 rings (SSSR count). The van der Waals surface area contributed by atoms with Gasteiger partial charge in [-0.25, -0.2) is 0 Å². The van der Waals surface area contributed by atoms with Gasteiger partial charge in [0.2, 0.25) is 0 Å². The van der Waals surface area contributed by atoms with Gasteiger partial charge >= 0.3 is 0 Å². The molecule has 0 N–H and O–H groups in total. The van der Waals surface area contributed by atoms with Crippen LogP contribution in [0.2, 0.25) is 0 Å². The summed E-state index contributed by atoms with van der Waals surface area (Å²) in [6.07, 6.45) is 13.6. The van der Waals surface area contributed by atoms with E-state index in [1.54, 1.807) is 0 Å². The first-order chi connectivity index (χ1) is 8.58. The third-order valence-corrected chi connectivity index (χ3v) is 3.46. The largest absolute Gasteiger partial charge is 0.295 e. The average molecular weight is 246 g/mol. The first-order valence-electron chi connectivity index (χ1n) is 7.09. The predicted molar refractivity (Wildman–Crippen MR) is 78.6 cm³/mol. The van der Waals surface area contributed by atoms with Gasteiger partial charge in [-0.2, -0.15) is 0 Å². The molecule has 0 aliphatic heterocycles. The molecule has 0 atom stereocenters. The second-order valence-corrected chi connectivity index (χ2v) is 5.49. The first kappa shape index (κ1) is 14.9. The van der Waals surface area contributed by atoms with Crippen LogP contribution in [-0.4, -0.2) is 5.78 Å². The maximum Gasteiger partial charge on any atom is 0.155 e. The summed E-state index contributed by atoms with van der Waals surface area (Å²) in [5.74, 6) is 0.290. The molecule has 1 heteroatoms. The van der Waals surface area contributed by atoms with Crippen molar-refractivity contribution in [2.75, 3.05) is 0 Å². The molecule has 0 saturated carbocycles. The molecule has 0 aromatic heterocycles. The quantitative estimate of drug-likeness (QED) is 0.541. The number of carbonyl (C=O) groups excluding carboxylic acids is 1. The Morgan fingerprint density at radius 3 is 2.00 bits per heavy atom. The highest BCUT2D eigenvalue weighted by molar-refractivity contribution is 5.90. The van der Waals surface area contributed by atoms with Crippen molar-refractivity contribution in [2.24, 2.45) is 0 Å². The van der Waals surface area contributed by atoms with E-state index in [4.69, 9.17) is 0 Å². The van der Waals surface area contributed by atoms with Gasteiger partial charge in [0, 0.05) is 6.42 Å². The summed E-state index contributed by atoms with van der Waals surface area (Å²) in [6, 6.07) is 0. The molecule has 0 bridgehead atoms. The highest BCUT2D eigenvalue weighted by atomic mass is 16.1. The minimum Gasteiger partial charge on any atom is -0.295 e. The van der Waals surface area contributed by atoms with Gasteiger partial charge in [0.15, 0.2) is 5.78 Å². The van der Waals surface area contributed by atoms with Crippen molar-refractivity contribution in [1.29, 1.82) is 0 Å². The van der Waals surface area contributed by atoms with E-state index in [1.807, 2.05) is 6.08 Å². The van der Waals surface area contributed by atoms with E-state index < -0.39 is 0 Å². The van der Waals surface area contributed by atoms with E-state index in [1.165, 1.54) is 23.1 Å². The lowest BCUT2D eigenvalue weighted by Crippen LogP contribution is -1.95. The van der Waals surface area contributed by atoms with Crippen LogP contribution >= 0.6 is 0 Å². The molecule has 0 fully saturated rings. The van der Waals surface area contributed by atoms with Crippen LogP contribution in [0.3, 0.4) is 0 Å². The molecular formula is C17H26O. The van der Waals surface area contributed by atoms with E-state index in [9.17, 15) is 4.79 Å². The Balaban J connectivity index is 2.68. The Kier molecular flexibility index (Phi) is 6.70. The van der Waals surface area contributed by atoms with Gasteiger partial charge in [-0.3, -0.25) is 4.79 Å². The number of allylic oxidation sites excluding steroid dienone is 6. The van der Waals surface area contributed by atoms with Gasteiger partial charge < -0.3 is 0 Å². The predicted octanol–water partition coefficient (Wildman–Crippen LogP) is 5.14. The molecular weight excluding hydrogens is 220 g/mol. The number of ketones is 1. The van der Waals surface area contributed by atoms with Crippen LogP contribution < -0.4 is 0 Å². The lowest BCUT2D eigenvalue weighted by Gasteiger charge is -2.05. The molecule has 0 unspecified atom stereocenters. The third kappa shape index (κ3) is 6.58. The van der Waals surface area contributed by atoms with Crippen LogP contribution in [0.5, 0.6) is 0 Å². The fourth-order valence-electron chi connectivity index (χ4n) is 2.26. The third-order valence-electron chi connectivity index (χ3n) is 3.46. The molecule has 18 heavy (non-hydrogen) atoms. The maximum absolute atomic E-state index is 11.7. The van der Waals surface area contributed by atoms with Crippen LogP contribution in [0, 0.1) is 0 Å². The molecule has 0 aromatic carbocycles. The average Bonchev–Trinajstić information content (AvgIpc) is 2.27. The SMILES string of the molecule is C/C1=C\CC/C(C)=C/C(=O)CCC/C(C)=C/CC1. The Morgan fingerprint density at radius 1 is 0.778 bits per heavy atom. The van der Waals surface area contributed by atoms with Crippen molar-refractivity contribution in [2.45, 2.75) is 65.7 Å². The zero-order valence-corrected chi connectivity index (χ0v) is 12.1. The smallest absolute Gasteiger partial charge is 0.155 e. The van der Waals surface area contributed by atoms with Crippen molar-refractivity contribution < 1.29 is 4.79 Å². The molecule has 0 radical (unpaired) electrons. The van der Waals surface area contributed by atoms with E-state index in [0.29, 0.717) is 6.42 Å². The standard InChI is InChI=1S/C17H26O/c1-14-7-4-8-15(2)10-6-12-17(18)13-16(3)11-5-9-14/h8-9,13H,4-7,10-12H2,1-3H3/b14-9+,15-8+,16-13+. The Bertz CT molecular complexity index is 369. The number of rotatable bonds is 0. The topological polar surface area (TPSA) is 17.1 Å². The van der Waals surface area contributed by atoms with Crippen molar-refractivity contribution in [3.63, 3.8) is 0 Å². The molecule has 1 aliphatic carbocycles. The summed E-state index contributed by atoms with van der Waals surface area (Å²) < 4.78 is 0. The van der Waals surface area contributed by atoms with Crippen LogP contribution in [-0.2, 0) is 4.79 Å². The van der Waals surface area contributed by atoms with Crippen LogP contribution in [0.1, 0.15) is 65.7 Å². The summed E-state index contributed by atoms with van der Waals surface area (Å²) in [6.45, 7) is 6.45. The Hall–Kier alpha value is -1.11. The molecule has 1 nitrogen and oxygen atoms in total. The first-order valence-corrected chi connectivity index (χ1v) is 7.09. The Labute approximate surface area is 112 Å².